The van der Waals surface area contributed by atoms with Crippen LogP contribution >= 0.6 is 0 Å². The number of carbonyl (C=O) groups excluding carboxylic acids is 1. The number of hydrogen-bond acceptors (Lipinski definition) is 4. The van der Waals surface area contributed by atoms with Crippen LogP contribution in [0.25, 0.3) is 0 Å². The summed E-state index contributed by atoms with van der Waals surface area (Å²) in [4.78, 5) is 28.8. The van der Waals surface area contributed by atoms with E-state index in [-0.39, 0.29) is 11.6 Å². The van der Waals surface area contributed by atoms with Crippen molar-refractivity contribution in [1.29, 1.82) is 0 Å². The molecule has 2 aliphatic rings. The second kappa shape index (κ2) is 7.05. The lowest BCUT2D eigenvalue weighted by Crippen LogP contribution is -2.47. The van der Waals surface area contributed by atoms with Crippen molar-refractivity contribution in [3.8, 4) is 0 Å². The highest BCUT2D eigenvalue weighted by Crippen LogP contribution is 2.25. The molecule has 132 valence electrons. The van der Waals surface area contributed by atoms with Crippen LogP contribution in [0.2, 0.25) is 0 Å². The highest BCUT2D eigenvalue weighted by Gasteiger charge is 2.38. The Kier molecular flexibility index (Phi) is 5.04. The van der Waals surface area contributed by atoms with Crippen LogP contribution in [-0.4, -0.2) is 57.2 Å². The zero-order valence-electron chi connectivity index (χ0n) is 14.9. The Labute approximate surface area is 143 Å². The molecule has 0 N–H and O–H groups in total. The van der Waals surface area contributed by atoms with E-state index in [1.54, 1.807) is 16.8 Å². The summed E-state index contributed by atoms with van der Waals surface area (Å²) >= 11 is 0. The first kappa shape index (κ1) is 17.1. The van der Waals surface area contributed by atoms with Crippen LogP contribution in [0, 0.1) is 12.8 Å². The van der Waals surface area contributed by atoms with Crippen LogP contribution in [0.15, 0.2) is 16.9 Å². The third-order valence-corrected chi connectivity index (χ3v) is 5.36. The molecule has 3 heterocycles. The molecule has 0 radical (unpaired) electrons. The minimum atomic E-state index is -0.0263. The number of aryl methyl sites for hydroxylation is 1. The Morgan fingerprint density at radius 3 is 2.46 bits per heavy atom. The smallest absolute Gasteiger partial charge is 0.266 e. The summed E-state index contributed by atoms with van der Waals surface area (Å²) in [5.41, 5.74) is 0.846. The van der Waals surface area contributed by atoms with E-state index in [0.717, 1.165) is 44.6 Å². The number of rotatable bonds is 4. The first-order valence-corrected chi connectivity index (χ1v) is 9.05. The number of piperidine rings is 1. The highest BCUT2D eigenvalue weighted by atomic mass is 16.2. The molecule has 2 saturated heterocycles. The molecule has 2 aliphatic heterocycles. The standard InChI is InChI=1S/C18H28N4O2/c1-13(2)21-11-8-16(18(21)24)20-9-6-15(7-10-20)12-22-17(23)5-4-14(3)19-22/h4-5,13,15-16H,6-12H2,1-3H3. The zero-order valence-corrected chi connectivity index (χ0v) is 14.9. The van der Waals surface area contributed by atoms with Crippen molar-refractivity contribution in [1.82, 2.24) is 19.6 Å². The molecule has 1 amide bonds. The second-order valence-electron chi connectivity index (χ2n) is 7.40. The van der Waals surface area contributed by atoms with Gasteiger partial charge in [-0.05, 0) is 65.1 Å². The molecule has 1 aromatic rings. The largest absolute Gasteiger partial charge is 0.339 e. The van der Waals surface area contributed by atoms with Crippen molar-refractivity contribution in [3.63, 3.8) is 0 Å². The number of likely N-dealkylation sites (tertiary alicyclic amines) is 2. The highest BCUT2D eigenvalue weighted by molar-refractivity contribution is 5.84. The molecule has 0 saturated carbocycles. The van der Waals surface area contributed by atoms with Gasteiger partial charge in [0.2, 0.25) is 5.91 Å². The van der Waals surface area contributed by atoms with Gasteiger partial charge in [-0.25, -0.2) is 4.68 Å². The molecule has 1 unspecified atom stereocenters. The van der Waals surface area contributed by atoms with Gasteiger partial charge in [-0.15, -0.1) is 0 Å². The van der Waals surface area contributed by atoms with E-state index in [9.17, 15) is 9.59 Å². The fraction of sp³-hybridized carbons (Fsp3) is 0.722. The predicted molar refractivity (Wildman–Crippen MR) is 92.8 cm³/mol. The van der Waals surface area contributed by atoms with Crippen LogP contribution in [0.4, 0.5) is 0 Å². The van der Waals surface area contributed by atoms with Crippen molar-refractivity contribution in [2.75, 3.05) is 19.6 Å². The summed E-state index contributed by atoms with van der Waals surface area (Å²) in [5, 5.41) is 4.33. The monoisotopic (exact) mass is 332 g/mol. The predicted octanol–water partition coefficient (Wildman–Crippen LogP) is 1.27. The van der Waals surface area contributed by atoms with Crippen LogP contribution in [0.5, 0.6) is 0 Å². The van der Waals surface area contributed by atoms with Crippen LogP contribution in [-0.2, 0) is 11.3 Å². The molecular weight excluding hydrogens is 304 g/mol. The van der Waals surface area contributed by atoms with Gasteiger partial charge in [-0.3, -0.25) is 14.5 Å². The van der Waals surface area contributed by atoms with E-state index < -0.39 is 0 Å². The van der Waals surface area contributed by atoms with E-state index in [4.69, 9.17) is 0 Å². The summed E-state index contributed by atoms with van der Waals surface area (Å²) in [5.74, 6) is 0.756. The third kappa shape index (κ3) is 3.53. The van der Waals surface area contributed by atoms with Gasteiger partial charge in [0.1, 0.15) is 0 Å². The molecule has 1 atom stereocenters. The molecule has 6 nitrogen and oxygen atoms in total. The second-order valence-corrected chi connectivity index (χ2v) is 7.40. The third-order valence-electron chi connectivity index (χ3n) is 5.36. The molecule has 0 aliphatic carbocycles. The number of nitrogens with zero attached hydrogens (tertiary/aromatic N) is 4. The topological polar surface area (TPSA) is 58.4 Å². The van der Waals surface area contributed by atoms with Gasteiger partial charge in [-0.2, -0.15) is 5.10 Å². The summed E-state index contributed by atoms with van der Waals surface area (Å²) in [6, 6.07) is 3.70. The maximum absolute atomic E-state index is 12.5. The minimum absolute atomic E-state index is 0.0263. The van der Waals surface area contributed by atoms with Gasteiger partial charge < -0.3 is 4.90 Å². The summed E-state index contributed by atoms with van der Waals surface area (Å²) in [6.07, 6.45) is 2.99. The van der Waals surface area contributed by atoms with Crippen LogP contribution < -0.4 is 5.56 Å². The zero-order chi connectivity index (χ0) is 17.3. The minimum Gasteiger partial charge on any atom is -0.339 e. The normalized spacial score (nSPS) is 23.4. The van der Waals surface area contributed by atoms with E-state index in [0.29, 0.717) is 24.4 Å². The lowest BCUT2D eigenvalue weighted by atomic mass is 9.95. The summed E-state index contributed by atoms with van der Waals surface area (Å²) < 4.78 is 1.59. The number of amides is 1. The Morgan fingerprint density at radius 2 is 1.83 bits per heavy atom. The SMILES string of the molecule is Cc1ccc(=O)n(CC2CCN(C3CCN(C(C)C)C3=O)CC2)n1. The van der Waals surface area contributed by atoms with E-state index in [2.05, 4.69) is 23.8 Å². The fourth-order valence-corrected chi connectivity index (χ4v) is 3.91. The van der Waals surface area contributed by atoms with E-state index in [1.165, 1.54) is 0 Å². The number of carbonyl (C=O) groups is 1. The average molecular weight is 332 g/mol. The summed E-state index contributed by atoms with van der Waals surface area (Å²) in [7, 11) is 0. The van der Waals surface area contributed by atoms with Gasteiger partial charge >= 0.3 is 0 Å². The maximum Gasteiger partial charge on any atom is 0.266 e. The van der Waals surface area contributed by atoms with Crippen molar-refractivity contribution in [2.24, 2.45) is 5.92 Å². The summed E-state index contributed by atoms with van der Waals surface area (Å²) in [6.45, 7) is 9.51. The molecule has 1 aromatic heterocycles. The number of hydrogen-bond donors (Lipinski definition) is 0. The van der Waals surface area contributed by atoms with Gasteiger partial charge in [0, 0.05) is 25.2 Å². The molecule has 24 heavy (non-hydrogen) atoms. The molecular formula is C18H28N4O2. The Morgan fingerprint density at radius 1 is 1.12 bits per heavy atom. The first-order valence-electron chi connectivity index (χ1n) is 9.05. The fourth-order valence-electron chi connectivity index (χ4n) is 3.91. The van der Waals surface area contributed by atoms with Crippen LogP contribution in [0.1, 0.15) is 38.8 Å². The molecule has 0 aromatic carbocycles. The first-order chi connectivity index (χ1) is 11.5. The van der Waals surface area contributed by atoms with Gasteiger partial charge in [0.05, 0.1) is 11.7 Å². The lowest BCUT2D eigenvalue weighted by Gasteiger charge is -2.35. The number of aromatic nitrogens is 2. The van der Waals surface area contributed by atoms with Crippen molar-refractivity contribution in [2.45, 2.75) is 58.7 Å². The Balaban J connectivity index is 1.56. The quantitative estimate of drug-likeness (QED) is 0.833. The molecule has 0 bridgehead atoms. The molecule has 0 spiro atoms. The van der Waals surface area contributed by atoms with E-state index in [1.807, 2.05) is 11.8 Å². The van der Waals surface area contributed by atoms with Crippen molar-refractivity contribution >= 4 is 5.91 Å². The van der Waals surface area contributed by atoms with Crippen LogP contribution in [0.3, 0.4) is 0 Å². The average Bonchev–Trinajstić information content (AvgIpc) is 2.93. The van der Waals surface area contributed by atoms with Gasteiger partial charge in [0.25, 0.3) is 5.56 Å². The van der Waals surface area contributed by atoms with Crippen molar-refractivity contribution in [3.05, 3.63) is 28.2 Å². The van der Waals surface area contributed by atoms with Gasteiger partial charge in [0.15, 0.2) is 0 Å². The molecule has 3 rings (SSSR count). The Hall–Kier alpha value is -1.69. The molecule has 2 fully saturated rings. The molecule has 6 heteroatoms. The van der Waals surface area contributed by atoms with Gasteiger partial charge in [-0.1, -0.05) is 0 Å². The van der Waals surface area contributed by atoms with Crippen molar-refractivity contribution < 1.29 is 4.79 Å². The Bertz CT molecular complexity index is 647. The van der Waals surface area contributed by atoms with E-state index >= 15 is 0 Å². The lowest BCUT2D eigenvalue weighted by molar-refractivity contribution is -0.134. The maximum atomic E-state index is 12.5.